The van der Waals surface area contributed by atoms with Gasteiger partial charge in [-0.05, 0) is 36.4 Å². The number of benzene rings is 2. The molecule has 2 N–H and O–H groups in total. The van der Waals surface area contributed by atoms with Gasteiger partial charge in [-0.1, -0.05) is 36.4 Å². The minimum absolute atomic E-state index is 0.139. The van der Waals surface area contributed by atoms with Crippen molar-refractivity contribution in [3.05, 3.63) is 107 Å². The number of anilines is 1. The molecule has 6 nitrogen and oxygen atoms in total. The highest BCUT2D eigenvalue weighted by molar-refractivity contribution is 6.08. The summed E-state index contributed by atoms with van der Waals surface area (Å²) in [6.07, 6.45) is 0.664. The molecule has 0 aliphatic heterocycles. The number of carbonyl (C=O) groups is 2. The van der Waals surface area contributed by atoms with Crippen molar-refractivity contribution >= 4 is 17.6 Å². The Morgan fingerprint density at radius 1 is 0.889 bits per heavy atom. The molecule has 2 aromatic carbocycles. The lowest BCUT2D eigenvalue weighted by atomic mass is 10.1. The summed E-state index contributed by atoms with van der Waals surface area (Å²) < 4.78 is 0. The van der Waals surface area contributed by atoms with Crippen LogP contribution >= 0.6 is 0 Å². The fourth-order valence-corrected chi connectivity index (χ4v) is 2.48. The van der Waals surface area contributed by atoms with Crippen LogP contribution in [-0.2, 0) is 0 Å². The van der Waals surface area contributed by atoms with E-state index >= 15 is 0 Å². The van der Waals surface area contributed by atoms with E-state index in [1.165, 1.54) is 6.20 Å². The Labute approximate surface area is 156 Å². The molecule has 1 unspecified atom stereocenters. The van der Waals surface area contributed by atoms with Crippen LogP contribution in [0.25, 0.3) is 4.85 Å². The van der Waals surface area contributed by atoms with E-state index in [9.17, 15) is 9.59 Å². The van der Waals surface area contributed by atoms with E-state index in [2.05, 4.69) is 20.5 Å². The third-order valence-corrected chi connectivity index (χ3v) is 3.83. The summed E-state index contributed by atoms with van der Waals surface area (Å²) in [6.45, 7) is 7.36. The Balaban J connectivity index is 1.80. The topological polar surface area (TPSA) is 75.5 Å². The standard InChI is InChI=1S/C21H16N4O2/c1-22-18(15-9-4-2-5-10-15)24-21(27)17-13-8-14-23-19(17)25-20(26)16-11-6-3-7-12-16/h2-14,18H,(H,24,27)(H,23,25,26). The summed E-state index contributed by atoms with van der Waals surface area (Å²) in [4.78, 5) is 32.6. The summed E-state index contributed by atoms with van der Waals surface area (Å²) in [6, 6.07) is 20.8. The van der Waals surface area contributed by atoms with Crippen molar-refractivity contribution < 1.29 is 9.59 Å². The zero-order valence-electron chi connectivity index (χ0n) is 14.3. The van der Waals surface area contributed by atoms with E-state index in [1.54, 1.807) is 60.7 Å². The molecule has 27 heavy (non-hydrogen) atoms. The van der Waals surface area contributed by atoms with Crippen molar-refractivity contribution in [2.45, 2.75) is 6.17 Å². The fraction of sp³-hybridized carbons (Fsp3) is 0.0476. The fourth-order valence-electron chi connectivity index (χ4n) is 2.48. The first-order valence-electron chi connectivity index (χ1n) is 8.23. The molecule has 2 amide bonds. The maximum absolute atomic E-state index is 12.7. The third kappa shape index (κ3) is 4.35. The van der Waals surface area contributed by atoms with Gasteiger partial charge in [0.15, 0.2) is 0 Å². The number of nitrogens with zero attached hydrogens (tertiary/aromatic N) is 2. The van der Waals surface area contributed by atoms with E-state index in [-0.39, 0.29) is 17.3 Å². The van der Waals surface area contributed by atoms with Crippen LogP contribution in [0.4, 0.5) is 5.82 Å². The molecule has 0 aliphatic rings. The zero-order valence-corrected chi connectivity index (χ0v) is 14.3. The third-order valence-electron chi connectivity index (χ3n) is 3.83. The van der Waals surface area contributed by atoms with Gasteiger partial charge in [0.2, 0.25) is 0 Å². The summed E-state index contributed by atoms with van der Waals surface area (Å²) >= 11 is 0. The summed E-state index contributed by atoms with van der Waals surface area (Å²) in [5.74, 6) is -0.718. The Hall–Kier alpha value is -3.98. The lowest BCUT2D eigenvalue weighted by Crippen LogP contribution is -2.28. The van der Waals surface area contributed by atoms with Crippen LogP contribution in [0.3, 0.4) is 0 Å². The summed E-state index contributed by atoms with van der Waals surface area (Å²) in [7, 11) is 0. The number of carbonyl (C=O) groups excluding carboxylic acids is 2. The van der Waals surface area contributed by atoms with Crippen LogP contribution in [0.2, 0.25) is 0 Å². The molecule has 3 aromatic rings. The molecule has 0 spiro atoms. The average molecular weight is 356 g/mol. The van der Waals surface area contributed by atoms with Gasteiger partial charge in [0.25, 0.3) is 11.8 Å². The number of amides is 2. The van der Waals surface area contributed by atoms with Crippen LogP contribution in [0.5, 0.6) is 0 Å². The van der Waals surface area contributed by atoms with E-state index in [0.717, 1.165) is 0 Å². The van der Waals surface area contributed by atoms with Crippen molar-refractivity contribution in [3.8, 4) is 0 Å². The second-order valence-corrected chi connectivity index (χ2v) is 5.64. The van der Waals surface area contributed by atoms with Crippen LogP contribution in [0.1, 0.15) is 32.4 Å². The number of aromatic nitrogens is 1. The molecular weight excluding hydrogens is 340 g/mol. The molecule has 0 aliphatic carbocycles. The van der Waals surface area contributed by atoms with Crippen LogP contribution in [0, 0.1) is 6.57 Å². The number of hydrogen-bond donors (Lipinski definition) is 2. The SMILES string of the molecule is [C-]#[N+]C(NC(=O)c1cccnc1NC(=O)c1ccccc1)c1ccccc1. The first kappa shape index (κ1) is 17.8. The van der Waals surface area contributed by atoms with E-state index < -0.39 is 12.1 Å². The van der Waals surface area contributed by atoms with Crippen LogP contribution < -0.4 is 10.6 Å². The molecule has 0 saturated carbocycles. The van der Waals surface area contributed by atoms with Gasteiger partial charge in [-0.25, -0.2) is 11.6 Å². The molecule has 3 rings (SSSR count). The Morgan fingerprint density at radius 2 is 1.56 bits per heavy atom. The van der Waals surface area contributed by atoms with Gasteiger partial charge in [0.05, 0.1) is 11.1 Å². The first-order chi connectivity index (χ1) is 13.2. The maximum atomic E-state index is 12.7. The normalized spacial score (nSPS) is 11.1. The van der Waals surface area contributed by atoms with Gasteiger partial charge in [-0.3, -0.25) is 19.8 Å². The minimum atomic E-state index is -0.823. The van der Waals surface area contributed by atoms with Gasteiger partial charge in [-0.2, -0.15) is 0 Å². The van der Waals surface area contributed by atoms with Gasteiger partial charge in [-0.15, -0.1) is 0 Å². The van der Waals surface area contributed by atoms with Crippen molar-refractivity contribution in [1.29, 1.82) is 0 Å². The van der Waals surface area contributed by atoms with Gasteiger partial charge < -0.3 is 5.32 Å². The molecule has 1 aromatic heterocycles. The van der Waals surface area contributed by atoms with Crippen LogP contribution in [-0.4, -0.2) is 16.8 Å². The van der Waals surface area contributed by atoms with Crippen molar-refractivity contribution in [1.82, 2.24) is 10.3 Å². The number of nitrogens with one attached hydrogen (secondary N) is 2. The lowest BCUT2D eigenvalue weighted by Gasteiger charge is -2.12. The molecule has 0 radical (unpaired) electrons. The predicted octanol–water partition coefficient (Wildman–Crippen LogP) is 3.68. The quantitative estimate of drug-likeness (QED) is 0.685. The molecule has 132 valence electrons. The average Bonchev–Trinajstić information content (AvgIpc) is 2.73. The Kier molecular flexibility index (Phi) is 5.55. The molecule has 0 saturated heterocycles. The highest BCUT2D eigenvalue weighted by atomic mass is 16.2. The second-order valence-electron chi connectivity index (χ2n) is 5.64. The molecule has 6 heteroatoms. The first-order valence-corrected chi connectivity index (χ1v) is 8.23. The Bertz CT molecular complexity index is 982. The smallest absolute Gasteiger partial charge is 0.306 e. The summed E-state index contributed by atoms with van der Waals surface area (Å²) in [5, 5.41) is 5.32. The monoisotopic (exact) mass is 356 g/mol. The minimum Gasteiger partial charge on any atom is -0.306 e. The molecular formula is C21H16N4O2. The predicted molar refractivity (Wildman–Crippen MR) is 102 cm³/mol. The van der Waals surface area contributed by atoms with E-state index in [4.69, 9.17) is 6.57 Å². The highest BCUT2D eigenvalue weighted by Crippen LogP contribution is 2.18. The van der Waals surface area contributed by atoms with Crippen LogP contribution in [0.15, 0.2) is 79.0 Å². The van der Waals surface area contributed by atoms with Gasteiger partial charge in [0, 0.05) is 11.8 Å². The number of hydrogen-bond acceptors (Lipinski definition) is 3. The lowest BCUT2D eigenvalue weighted by molar-refractivity contribution is 0.0944. The van der Waals surface area contributed by atoms with E-state index in [0.29, 0.717) is 11.1 Å². The van der Waals surface area contributed by atoms with Crippen molar-refractivity contribution in [2.75, 3.05) is 5.32 Å². The summed E-state index contributed by atoms with van der Waals surface area (Å²) in [5.41, 5.74) is 1.32. The molecule has 1 atom stereocenters. The molecule has 1 heterocycles. The second kappa shape index (κ2) is 8.41. The number of pyridine rings is 1. The maximum Gasteiger partial charge on any atom is 0.324 e. The van der Waals surface area contributed by atoms with Crippen molar-refractivity contribution in [2.24, 2.45) is 0 Å². The van der Waals surface area contributed by atoms with Crippen molar-refractivity contribution in [3.63, 3.8) is 0 Å². The zero-order chi connectivity index (χ0) is 19.1. The van der Waals surface area contributed by atoms with E-state index in [1.807, 2.05) is 12.1 Å². The highest BCUT2D eigenvalue weighted by Gasteiger charge is 2.22. The molecule has 0 bridgehead atoms. The van der Waals surface area contributed by atoms with Gasteiger partial charge >= 0.3 is 6.17 Å². The van der Waals surface area contributed by atoms with Gasteiger partial charge in [0.1, 0.15) is 5.82 Å². The number of rotatable bonds is 5. The largest absolute Gasteiger partial charge is 0.324 e. The molecule has 0 fully saturated rings. The Morgan fingerprint density at radius 3 is 2.22 bits per heavy atom.